The van der Waals surface area contributed by atoms with Gasteiger partial charge in [-0.3, -0.25) is 14.5 Å². The van der Waals surface area contributed by atoms with Crippen LogP contribution in [0.3, 0.4) is 0 Å². The van der Waals surface area contributed by atoms with Crippen molar-refractivity contribution in [1.29, 1.82) is 0 Å². The maximum Gasteiger partial charge on any atom is 0.300 e. The van der Waals surface area contributed by atoms with Gasteiger partial charge in [-0.15, -0.1) is 0 Å². The van der Waals surface area contributed by atoms with Crippen molar-refractivity contribution in [2.24, 2.45) is 0 Å². The van der Waals surface area contributed by atoms with Crippen LogP contribution in [0.5, 0.6) is 5.75 Å². The monoisotopic (exact) mass is 403 g/mol. The lowest BCUT2D eigenvalue weighted by molar-refractivity contribution is -0.132. The van der Waals surface area contributed by atoms with Gasteiger partial charge in [0.1, 0.15) is 17.3 Å². The minimum Gasteiger partial charge on any atom is -0.507 e. The average Bonchev–Trinajstić information content (AvgIpc) is 3.05. The molecule has 1 aliphatic heterocycles. The quantitative estimate of drug-likeness (QED) is 0.397. The van der Waals surface area contributed by atoms with Gasteiger partial charge in [-0.2, -0.15) is 0 Å². The van der Waals surface area contributed by atoms with Crippen LogP contribution in [-0.2, 0) is 9.59 Å². The molecule has 1 heterocycles. The van der Waals surface area contributed by atoms with Crippen molar-refractivity contribution in [2.45, 2.75) is 6.04 Å². The molecular weight excluding hydrogens is 385 g/mol. The van der Waals surface area contributed by atoms with Crippen LogP contribution in [-0.4, -0.2) is 23.9 Å². The van der Waals surface area contributed by atoms with Crippen molar-refractivity contribution >= 4 is 23.1 Å². The highest BCUT2D eigenvalue weighted by molar-refractivity contribution is 6.51. The smallest absolute Gasteiger partial charge is 0.300 e. The predicted octanol–water partition coefficient (Wildman–Crippen LogP) is 4.46. The summed E-state index contributed by atoms with van der Waals surface area (Å²) in [5.41, 5.74) is 1.35. The Balaban J connectivity index is 1.92. The summed E-state index contributed by atoms with van der Waals surface area (Å²) in [5, 5.41) is 10.9. The highest BCUT2D eigenvalue weighted by Gasteiger charge is 2.46. The molecule has 150 valence electrons. The number of aliphatic hydroxyl groups excluding tert-OH is 1. The number of hydrogen-bond acceptors (Lipinski definition) is 4. The minimum atomic E-state index is -0.844. The Morgan fingerprint density at radius 3 is 2.17 bits per heavy atom. The topological polar surface area (TPSA) is 66.8 Å². The molecule has 6 heteroatoms. The zero-order valence-electron chi connectivity index (χ0n) is 16.1. The molecule has 5 nitrogen and oxygen atoms in total. The molecule has 1 unspecified atom stereocenters. The van der Waals surface area contributed by atoms with E-state index < -0.39 is 23.5 Å². The Kier molecular flexibility index (Phi) is 5.06. The summed E-state index contributed by atoms with van der Waals surface area (Å²) in [5.74, 6) is -1.75. The van der Waals surface area contributed by atoms with E-state index in [-0.39, 0.29) is 16.9 Å². The van der Waals surface area contributed by atoms with Gasteiger partial charge < -0.3 is 9.84 Å². The van der Waals surface area contributed by atoms with E-state index in [2.05, 4.69) is 0 Å². The second kappa shape index (κ2) is 7.83. The second-order valence-electron chi connectivity index (χ2n) is 6.78. The van der Waals surface area contributed by atoms with E-state index >= 15 is 0 Å². The summed E-state index contributed by atoms with van der Waals surface area (Å²) in [6, 6.07) is 20.0. The van der Waals surface area contributed by atoms with Crippen LogP contribution in [0.2, 0.25) is 0 Å². The summed E-state index contributed by atoms with van der Waals surface area (Å²) >= 11 is 0. The van der Waals surface area contributed by atoms with Crippen LogP contribution < -0.4 is 9.64 Å². The number of anilines is 1. The summed E-state index contributed by atoms with van der Waals surface area (Å²) < 4.78 is 18.5. The fraction of sp³-hybridized carbons (Fsp3) is 0.0833. The Morgan fingerprint density at radius 2 is 1.57 bits per heavy atom. The molecule has 1 saturated heterocycles. The molecule has 4 rings (SSSR count). The van der Waals surface area contributed by atoms with E-state index in [0.29, 0.717) is 17.0 Å². The SMILES string of the molecule is COc1ccc(C2/C(=C(\O)c3ccc(F)cc3)C(=O)C(=O)N2c2ccccc2)cc1. The van der Waals surface area contributed by atoms with Gasteiger partial charge in [-0.05, 0) is 54.1 Å². The first-order valence-electron chi connectivity index (χ1n) is 9.27. The molecule has 0 aliphatic carbocycles. The predicted molar refractivity (Wildman–Crippen MR) is 111 cm³/mol. The van der Waals surface area contributed by atoms with Crippen LogP contribution in [0.4, 0.5) is 10.1 Å². The molecule has 0 saturated carbocycles. The zero-order valence-corrected chi connectivity index (χ0v) is 16.1. The van der Waals surface area contributed by atoms with Crippen molar-refractivity contribution in [3.05, 3.63) is 101 Å². The molecule has 1 aliphatic rings. The Labute approximate surface area is 172 Å². The van der Waals surface area contributed by atoms with Gasteiger partial charge in [0.25, 0.3) is 11.7 Å². The molecule has 0 aromatic heterocycles. The number of hydrogen-bond donors (Lipinski definition) is 1. The first-order valence-corrected chi connectivity index (χ1v) is 9.27. The molecule has 3 aromatic carbocycles. The number of Topliss-reactive ketones (excluding diaryl/α,β-unsaturated/α-hetero) is 1. The third-order valence-electron chi connectivity index (χ3n) is 5.03. The summed E-state index contributed by atoms with van der Waals surface area (Å²) in [6.45, 7) is 0. The number of rotatable bonds is 4. The first kappa shape index (κ1) is 19.4. The van der Waals surface area contributed by atoms with Crippen molar-refractivity contribution in [3.63, 3.8) is 0 Å². The molecule has 1 N–H and O–H groups in total. The van der Waals surface area contributed by atoms with Gasteiger partial charge in [-0.25, -0.2) is 4.39 Å². The molecule has 0 bridgehead atoms. The molecule has 30 heavy (non-hydrogen) atoms. The lowest BCUT2D eigenvalue weighted by Crippen LogP contribution is -2.29. The van der Waals surface area contributed by atoms with Gasteiger partial charge in [0, 0.05) is 11.3 Å². The number of amides is 1. The highest BCUT2D eigenvalue weighted by atomic mass is 19.1. The van der Waals surface area contributed by atoms with Gasteiger partial charge in [0.15, 0.2) is 0 Å². The summed E-state index contributed by atoms with van der Waals surface area (Å²) in [4.78, 5) is 27.3. The molecule has 1 atom stereocenters. The van der Waals surface area contributed by atoms with E-state index in [9.17, 15) is 19.1 Å². The number of ether oxygens (including phenoxy) is 1. The van der Waals surface area contributed by atoms with Crippen LogP contribution in [0.1, 0.15) is 17.2 Å². The Bertz CT molecular complexity index is 1120. The van der Waals surface area contributed by atoms with Crippen molar-refractivity contribution in [1.82, 2.24) is 0 Å². The number of ketones is 1. The number of halogens is 1. The van der Waals surface area contributed by atoms with Gasteiger partial charge in [-0.1, -0.05) is 30.3 Å². The number of para-hydroxylation sites is 1. The second-order valence-corrected chi connectivity index (χ2v) is 6.78. The lowest BCUT2D eigenvalue weighted by Gasteiger charge is -2.25. The van der Waals surface area contributed by atoms with Gasteiger partial charge in [0.2, 0.25) is 0 Å². The van der Waals surface area contributed by atoms with Gasteiger partial charge in [0.05, 0.1) is 18.7 Å². The summed E-state index contributed by atoms with van der Waals surface area (Å²) in [6.07, 6.45) is 0. The zero-order chi connectivity index (χ0) is 21.3. The van der Waals surface area contributed by atoms with E-state index in [4.69, 9.17) is 4.74 Å². The number of methoxy groups -OCH3 is 1. The fourth-order valence-corrected chi connectivity index (χ4v) is 3.55. The Morgan fingerprint density at radius 1 is 0.933 bits per heavy atom. The standard InChI is InChI=1S/C24H18FNO4/c1-30-19-13-9-15(10-14-19)21-20(22(27)16-7-11-17(25)12-8-16)23(28)24(29)26(21)18-5-3-2-4-6-18/h2-14,21,27H,1H3/b22-20+. The van der Waals surface area contributed by atoms with Crippen molar-refractivity contribution in [2.75, 3.05) is 12.0 Å². The van der Waals surface area contributed by atoms with Crippen molar-refractivity contribution in [3.8, 4) is 5.75 Å². The van der Waals surface area contributed by atoms with Crippen LogP contribution >= 0.6 is 0 Å². The van der Waals surface area contributed by atoms with Gasteiger partial charge >= 0.3 is 0 Å². The number of carbonyl (C=O) groups excluding carboxylic acids is 2. The third kappa shape index (κ3) is 3.33. The van der Waals surface area contributed by atoms with Crippen LogP contribution in [0, 0.1) is 5.82 Å². The minimum absolute atomic E-state index is 0.0550. The molecule has 1 amide bonds. The molecular formula is C24H18FNO4. The van der Waals surface area contributed by atoms with Crippen LogP contribution in [0.15, 0.2) is 84.4 Å². The summed E-state index contributed by atoms with van der Waals surface area (Å²) in [7, 11) is 1.54. The van der Waals surface area contributed by atoms with Crippen molar-refractivity contribution < 1.29 is 23.8 Å². The van der Waals surface area contributed by atoms with Crippen LogP contribution in [0.25, 0.3) is 5.76 Å². The van der Waals surface area contributed by atoms with E-state index in [1.54, 1.807) is 61.7 Å². The number of carbonyl (C=O) groups is 2. The Hall–Kier alpha value is -3.93. The number of aliphatic hydroxyl groups is 1. The number of nitrogens with zero attached hydrogens (tertiary/aromatic N) is 1. The van der Waals surface area contributed by atoms with E-state index in [0.717, 1.165) is 0 Å². The average molecular weight is 403 g/mol. The first-order chi connectivity index (χ1) is 14.5. The molecule has 0 radical (unpaired) electrons. The number of benzene rings is 3. The van der Waals surface area contributed by atoms with E-state index in [1.165, 1.54) is 29.2 Å². The normalized spacial score (nSPS) is 17.9. The fourth-order valence-electron chi connectivity index (χ4n) is 3.55. The maximum atomic E-state index is 13.3. The third-order valence-corrected chi connectivity index (χ3v) is 5.03. The maximum absolute atomic E-state index is 13.3. The molecule has 1 fully saturated rings. The molecule has 3 aromatic rings. The lowest BCUT2D eigenvalue weighted by atomic mass is 9.95. The van der Waals surface area contributed by atoms with E-state index in [1.807, 2.05) is 0 Å². The largest absolute Gasteiger partial charge is 0.507 e. The highest BCUT2D eigenvalue weighted by Crippen LogP contribution is 2.42. The molecule has 0 spiro atoms.